The van der Waals surface area contributed by atoms with E-state index in [0.717, 1.165) is 23.9 Å². The second kappa shape index (κ2) is 10.5. The van der Waals surface area contributed by atoms with Crippen molar-refractivity contribution < 1.29 is 27.8 Å². The summed E-state index contributed by atoms with van der Waals surface area (Å²) in [6, 6.07) is 14.1. The molecule has 202 valence electrons. The number of aliphatic hydroxyl groups is 1. The Balaban J connectivity index is 1.27. The SMILES string of the molecule is Cc1cc(Nc2cc(C(F)(F)F)ccn2)nc(-n2cnc([C@]3(O)CC[C@H](OC(=O)c4ccccc4)CC3)c2)c1. The number of rotatable bonds is 6. The lowest BCUT2D eigenvalue weighted by Crippen LogP contribution is -2.35. The van der Waals surface area contributed by atoms with Crippen molar-refractivity contribution >= 4 is 17.6 Å². The molecule has 0 atom stereocenters. The van der Waals surface area contributed by atoms with E-state index >= 15 is 0 Å². The van der Waals surface area contributed by atoms with E-state index in [2.05, 4.69) is 20.3 Å². The number of ether oxygens (including phenoxy) is 1. The molecule has 0 bridgehead atoms. The fourth-order valence-electron chi connectivity index (χ4n) is 4.58. The summed E-state index contributed by atoms with van der Waals surface area (Å²) in [5.74, 6) is 0.411. The highest BCUT2D eigenvalue weighted by molar-refractivity contribution is 5.89. The minimum absolute atomic E-state index is 0.0132. The molecule has 39 heavy (non-hydrogen) atoms. The molecule has 11 heteroatoms. The van der Waals surface area contributed by atoms with Gasteiger partial charge >= 0.3 is 12.1 Å². The molecule has 2 N–H and O–H groups in total. The van der Waals surface area contributed by atoms with Gasteiger partial charge in [-0.3, -0.25) is 4.57 Å². The van der Waals surface area contributed by atoms with Crippen molar-refractivity contribution in [3.05, 3.63) is 95.7 Å². The van der Waals surface area contributed by atoms with Crippen LogP contribution in [-0.4, -0.2) is 36.7 Å². The molecule has 1 fully saturated rings. The van der Waals surface area contributed by atoms with Crippen LogP contribution < -0.4 is 5.32 Å². The third-order valence-corrected chi connectivity index (χ3v) is 6.67. The molecule has 0 saturated heterocycles. The van der Waals surface area contributed by atoms with Crippen LogP contribution in [-0.2, 0) is 16.5 Å². The summed E-state index contributed by atoms with van der Waals surface area (Å²) in [7, 11) is 0. The van der Waals surface area contributed by atoms with E-state index in [4.69, 9.17) is 4.74 Å². The summed E-state index contributed by atoms with van der Waals surface area (Å²) in [5.41, 5.74) is -0.240. The molecule has 3 heterocycles. The van der Waals surface area contributed by atoms with Crippen LogP contribution in [0.3, 0.4) is 0 Å². The van der Waals surface area contributed by atoms with E-state index in [1.54, 1.807) is 47.2 Å². The smallest absolute Gasteiger partial charge is 0.416 e. The van der Waals surface area contributed by atoms with Gasteiger partial charge in [-0.25, -0.2) is 19.7 Å². The standard InChI is InChI=1S/C28H26F3N5O3/c1-18-13-24(34-23-15-20(9-12-32-23)28(29,30)31)35-25(14-18)36-16-22(33-17-36)27(38)10-7-21(8-11-27)39-26(37)19-5-3-2-4-6-19/h2-6,9,12-17,21,38H,7-8,10-11H2,1H3,(H,32,34,35)/t21-,27-. The molecule has 4 aromatic rings. The first-order valence-corrected chi connectivity index (χ1v) is 12.4. The van der Waals surface area contributed by atoms with Gasteiger partial charge in [-0.2, -0.15) is 13.2 Å². The van der Waals surface area contributed by atoms with Gasteiger partial charge in [0, 0.05) is 12.4 Å². The van der Waals surface area contributed by atoms with Crippen molar-refractivity contribution in [3.8, 4) is 5.82 Å². The van der Waals surface area contributed by atoms with Crippen molar-refractivity contribution in [1.29, 1.82) is 0 Å². The molecule has 5 rings (SSSR count). The monoisotopic (exact) mass is 537 g/mol. The first-order chi connectivity index (χ1) is 18.6. The zero-order valence-corrected chi connectivity index (χ0v) is 21.0. The number of pyridine rings is 2. The molecule has 0 unspecified atom stereocenters. The molecule has 0 spiro atoms. The van der Waals surface area contributed by atoms with Crippen molar-refractivity contribution in [2.45, 2.75) is 50.5 Å². The third kappa shape index (κ3) is 6.09. The Morgan fingerprint density at radius 1 is 1.08 bits per heavy atom. The fraction of sp³-hybridized carbons (Fsp3) is 0.286. The summed E-state index contributed by atoms with van der Waals surface area (Å²) in [6.07, 6.45) is 1.23. The summed E-state index contributed by atoms with van der Waals surface area (Å²) in [6.45, 7) is 1.83. The number of nitrogens with one attached hydrogen (secondary N) is 1. The minimum Gasteiger partial charge on any atom is -0.459 e. The van der Waals surface area contributed by atoms with Crippen LogP contribution >= 0.6 is 0 Å². The number of aryl methyl sites for hydroxylation is 1. The van der Waals surface area contributed by atoms with Crippen LogP contribution in [0.2, 0.25) is 0 Å². The van der Waals surface area contributed by atoms with Gasteiger partial charge in [0.25, 0.3) is 0 Å². The van der Waals surface area contributed by atoms with E-state index in [1.807, 2.05) is 13.0 Å². The molecule has 0 amide bonds. The highest BCUT2D eigenvalue weighted by atomic mass is 19.4. The normalized spacial score (nSPS) is 19.5. The summed E-state index contributed by atoms with van der Waals surface area (Å²) < 4.78 is 46.5. The number of halogens is 3. The van der Waals surface area contributed by atoms with E-state index in [-0.39, 0.29) is 17.9 Å². The number of hydrogen-bond acceptors (Lipinski definition) is 7. The number of carbonyl (C=O) groups is 1. The molecule has 1 aliphatic rings. The number of hydrogen-bond donors (Lipinski definition) is 2. The topological polar surface area (TPSA) is 102 Å². The van der Waals surface area contributed by atoms with Gasteiger partial charge in [0.1, 0.15) is 35.5 Å². The maximum absolute atomic E-state index is 13.1. The van der Waals surface area contributed by atoms with Crippen LogP contribution in [0.4, 0.5) is 24.8 Å². The van der Waals surface area contributed by atoms with E-state index < -0.39 is 17.3 Å². The first kappa shape index (κ1) is 26.4. The van der Waals surface area contributed by atoms with Gasteiger partial charge in [-0.1, -0.05) is 18.2 Å². The molecule has 0 radical (unpaired) electrons. The van der Waals surface area contributed by atoms with Crippen LogP contribution in [0.1, 0.15) is 52.9 Å². The molecular weight excluding hydrogens is 511 g/mol. The molecule has 1 saturated carbocycles. The van der Waals surface area contributed by atoms with Gasteiger partial charge in [0.05, 0.1) is 16.8 Å². The number of aromatic nitrogens is 4. The van der Waals surface area contributed by atoms with Gasteiger partial charge in [-0.15, -0.1) is 0 Å². The Morgan fingerprint density at radius 3 is 2.54 bits per heavy atom. The second-order valence-electron chi connectivity index (χ2n) is 9.61. The molecule has 1 aliphatic carbocycles. The van der Waals surface area contributed by atoms with Gasteiger partial charge in [0.2, 0.25) is 0 Å². The molecule has 1 aromatic carbocycles. The number of carbonyl (C=O) groups excluding carboxylic acids is 1. The van der Waals surface area contributed by atoms with Crippen molar-refractivity contribution in [3.63, 3.8) is 0 Å². The molecule has 3 aromatic heterocycles. The fourth-order valence-corrected chi connectivity index (χ4v) is 4.58. The van der Waals surface area contributed by atoms with Crippen molar-refractivity contribution in [1.82, 2.24) is 19.5 Å². The lowest BCUT2D eigenvalue weighted by molar-refractivity contribution is -0.137. The Hall–Kier alpha value is -4.25. The molecular formula is C28H26F3N5O3. The second-order valence-corrected chi connectivity index (χ2v) is 9.61. The zero-order valence-electron chi connectivity index (χ0n) is 21.0. The zero-order chi connectivity index (χ0) is 27.6. The number of benzene rings is 1. The quantitative estimate of drug-likeness (QED) is 0.303. The van der Waals surface area contributed by atoms with Crippen LogP contribution in [0.5, 0.6) is 0 Å². The highest BCUT2D eigenvalue weighted by Gasteiger charge is 2.38. The van der Waals surface area contributed by atoms with E-state index in [0.29, 0.717) is 48.6 Å². The number of nitrogens with zero attached hydrogens (tertiary/aromatic N) is 4. The van der Waals surface area contributed by atoms with E-state index in [1.165, 1.54) is 6.33 Å². The maximum Gasteiger partial charge on any atom is 0.416 e. The summed E-state index contributed by atoms with van der Waals surface area (Å²) in [4.78, 5) is 25.2. The number of alkyl halides is 3. The Labute approximate surface area is 222 Å². The van der Waals surface area contributed by atoms with Gasteiger partial charge in [-0.05, 0) is 74.6 Å². The molecule has 0 aliphatic heterocycles. The molecule has 8 nitrogen and oxygen atoms in total. The van der Waals surface area contributed by atoms with Crippen LogP contribution in [0, 0.1) is 6.92 Å². The number of anilines is 2. The van der Waals surface area contributed by atoms with Crippen molar-refractivity contribution in [2.24, 2.45) is 0 Å². The predicted octanol–water partition coefficient (Wildman–Crippen LogP) is 5.72. The van der Waals surface area contributed by atoms with Gasteiger partial charge < -0.3 is 15.2 Å². The van der Waals surface area contributed by atoms with Crippen LogP contribution in [0.15, 0.2) is 73.3 Å². The Bertz CT molecular complexity index is 1460. The predicted molar refractivity (Wildman–Crippen MR) is 137 cm³/mol. The van der Waals surface area contributed by atoms with E-state index in [9.17, 15) is 23.1 Å². The highest BCUT2D eigenvalue weighted by Crippen LogP contribution is 2.38. The Kier molecular flexibility index (Phi) is 7.09. The van der Waals surface area contributed by atoms with Crippen LogP contribution in [0.25, 0.3) is 5.82 Å². The lowest BCUT2D eigenvalue weighted by Gasteiger charge is -2.34. The first-order valence-electron chi connectivity index (χ1n) is 12.4. The van der Waals surface area contributed by atoms with Gasteiger partial charge in [0.15, 0.2) is 0 Å². The third-order valence-electron chi connectivity index (χ3n) is 6.67. The average Bonchev–Trinajstić information content (AvgIpc) is 3.42. The summed E-state index contributed by atoms with van der Waals surface area (Å²) >= 11 is 0. The van der Waals surface area contributed by atoms with Crippen molar-refractivity contribution in [2.75, 3.05) is 5.32 Å². The number of imidazole rings is 1. The Morgan fingerprint density at radius 2 is 1.82 bits per heavy atom. The largest absolute Gasteiger partial charge is 0.459 e. The average molecular weight is 538 g/mol. The lowest BCUT2D eigenvalue weighted by atomic mass is 9.81. The number of esters is 1. The summed E-state index contributed by atoms with van der Waals surface area (Å²) in [5, 5.41) is 14.1. The minimum atomic E-state index is -4.49. The maximum atomic E-state index is 13.1.